The van der Waals surface area contributed by atoms with Crippen molar-refractivity contribution in [1.82, 2.24) is 4.98 Å². The maximum absolute atomic E-state index is 4.40. The van der Waals surface area contributed by atoms with Crippen LogP contribution in [0.2, 0.25) is 0 Å². The molecule has 0 atom stereocenters. The monoisotopic (exact) mass is 390 g/mol. The van der Waals surface area contributed by atoms with Gasteiger partial charge in [0.25, 0.3) is 0 Å². The van der Waals surface area contributed by atoms with Gasteiger partial charge in [-0.1, -0.05) is 28.1 Å². The molecule has 1 aromatic heterocycles. The van der Waals surface area contributed by atoms with Crippen molar-refractivity contribution in [2.75, 3.05) is 5.32 Å². The third-order valence-electron chi connectivity index (χ3n) is 3.11. The second-order valence-electron chi connectivity index (χ2n) is 4.65. The molecule has 0 saturated carbocycles. The van der Waals surface area contributed by atoms with Gasteiger partial charge < -0.3 is 5.32 Å². The molecule has 100 valence electrons. The van der Waals surface area contributed by atoms with Crippen LogP contribution in [0.5, 0.6) is 0 Å². The lowest BCUT2D eigenvalue weighted by atomic mass is 10.1. The molecule has 20 heavy (non-hydrogen) atoms. The zero-order chi connectivity index (χ0) is 14.1. The fourth-order valence-corrected chi connectivity index (χ4v) is 2.93. The molecule has 2 aromatic carbocycles. The topological polar surface area (TPSA) is 24.9 Å². The molecular formula is C16H12Br2N2. The van der Waals surface area contributed by atoms with E-state index in [4.69, 9.17) is 0 Å². The molecule has 0 saturated heterocycles. The van der Waals surface area contributed by atoms with E-state index in [1.165, 1.54) is 10.8 Å². The van der Waals surface area contributed by atoms with Crippen LogP contribution in [-0.2, 0) is 0 Å². The van der Waals surface area contributed by atoms with E-state index in [1.54, 1.807) is 6.20 Å². The number of anilines is 2. The van der Waals surface area contributed by atoms with Gasteiger partial charge in [-0.2, -0.15) is 0 Å². The Hall–Kier alpha value is -1.39. The standard InChI is InChI=1S/C16H12Br2N2/c1-10-6-14(18)9-19-16(10)20-15-5-3-11-7-13(17)4-2-12(11)8-15/h2-9H,1H3,(H,19,20). The normalized spacial score (nSPS) is 10.8. The van der Waals surface area contributed by atoms with Gasteiger partial charge in [-0.05, 0) is 69.5 Å². The highest BCUT2D eigenvalue weighted by Crippen LogP contribution is 2.26. The zero-order valence-electron chi connectivity index (χ0n) is 10.8. The van der Waals surface area contributed by atoms with Crippen LogP contribution < -0.4 is 5.32 Å². The summed E-state index contributed by atoms with van der Waals surface area (Å²) in [4.78, 5) is 4.40. The van der Waals surface area contributed by atoms with E-state index in [-0.39, 0.29) is 0 Å². The van der Waals surface area contributed by atoms with E-state index in [2.05, 4.69) is 78.6 Å². The molecule has 3 rings (SSSR count). The molecule has 1 heterocycles. The predicted octanol–water partition coefficient (Wildman–Crippen LogP) is 5.81. The number of aryl methyl sites for hydroxylation is 1. The van der Waals surface area contributed by atoms with Gasteiger partial charge in [-0.3, -0.25) is 0 Å². The summed E-state index contributed by atoms with van der Waals surface area (Å²) in [5, 5.41) is 5.78. The first kappa shape index (κ1) is 13.6. The number of aromatic nitrogens is 1. The quantitative estimate of drug-likeness (QED) is 0.595. The lowest BCUT2D eigenvalue weighted by Gasteiger charge is -2.10. The lowest BCUT2D eigenvalue weighted by molar-refractivity contribution is 1.24. The zero-order valence-corrected chi connectivity index (χ0v) is 14.0. The number of hydrogen-bond acceptors (Lipinski definition) is 2. The molecule has 0 aliphatic heterocycles. The van der Waals surface area contributed by atoms with Crippen LogP contribution in [-0.4, -0.2) is 4.98 Å². The number of halogens is 2. The summed E-state index contributed by atoms with van der Waals surface area (Å²) in [6.45, 7) is 2.04. The molecule has 0 amide bonds. The Labute approximate surface area is 134 Å². The van der Waals surface area contributed by atoms with Gasteiger partial charge in [0.15, 0.2) is 0 Å². The molecule has 4 heteroatoms. The molecule has 1 N–H and O–H groups in total. The van der Waals surface area contributed by atoms with Crippen molar-refractivity contribution in [3.8, 4) is 0 Å². The highest BCUT2D eigenvalue weighted by atomic mass is 79.9. The summed E-state index contributed by atoms with van der Waals surface area (Å²) in [5.74, 6) is 0.879. The molecule has 0 radical (unpaired) electrons. The highest BCUT2D eigenvalue weighted by Gasteiger charge is 2.02. The minimum atomic E-state index is 0.879. The molecule has 0 unspecified atom stereocenters. The van der Waals surface area contributed by atoms with Crippen LogP contribution in [0, 0.1) is 6.92 Å². The van der Waals surface area contributed by atoms with Crippen LogP contribution in [0.4, 0.5) is 11.5 Å². The number of benzene rings is 2. The fraction of sp³-hybridized carbons (Fsp3) is 0.0625. The van der Waals surface area contributed by atoms with E-state index >= 15 is 0 Å². The van der Waals surface area contributed by atoms with Gasteiger partial charge in [0.2, 0.25) is 0 Å². The molecule has 0 aliphatic rings. The van der Waals surface area contributed by atoms with Crippen molar-refractivity contribution in [1.29, 1.82) is 0 Å². The second-order valence-corrected chi connectivity index (χ2v) is 6.48. The molecule has 0 bridgehead atoms. The second kappa shape index (κ2) is 5.54. The summed E-state index contributed by atoms with van der Waals surface area (Å²) in [7, 11) is 0. The Bertz CT molecular complexity index is 785. The molecule has 0 spiro atoms. The third kappa shape index (κ3) is 2.86. The van der Waals surface area contributed by atoms with Gasteiger partial charge in [-0.15, -0.1) is 0 Å². The van der Waals surface area contributed by atoms with Crippen LogP contribution in [0.1, 0.15) is 5.56 Å². The Kier molecular flexibility index (Phi) is 3.76. The molecule has 3 aromatic rings. The number of hydrogen-bond donors (Lipinski definition) is 1. The van der Waals surface area contributed by atoms with Crippen molar-refractivity contribution >= 4 is 54.1 Å². The number of pyridine rings is 1. The van der Waals surface area contributed by atoms with Crippen LogP contribution in [0.3, 0.4) is 0 Å². The Morgan fingerprint density at radius 2 is 1.65 bits per heavy atom. The highest BCUT2D eigenvalue weighted by molar-refractivity contribution is 9.10. The van der Waals surface area contributed by atoms with Gasteiger partial charge in [0.1, 0.15) is 5.82 Å². The maximum atomic E-state index is 4.40. The van der Waals surface area contributed by atoms with E-state index < -0.39 is 0 Å². The summed E-state index contributed by atoms with van der Waals surface area (Å²) in [5.41, 5.74) is 2.15. The molecule has 0 fully saturated rings. The summed E-state index contributed by atoms with van der Waals surface area (Å²) >= 11 is 6.92. The maximum Gasteiger partial charge on any atom is 0.133 e. The smallest absolute Gasteiger partial charge is 0.133 e. The average Bonchev–Trinajstić information content (AvgIpc) is 2.42. The van der Waals surface area contributed by atoms with Crippen molar-refractivity contribution in [2.24, 2.45) is 0 Å². The molecule has 2 nitrogen and oxygen atoms in total. The van der Waals surface area contributed by atoms with Crippen LogP contribution >= 0.6 is 31.9 Å². The lowest BCUT2D eigenvalue weighted by Crippen LogP contribution is -1.96. The van der Waals surface area contributed by atoms with E-state index in [0.717, 1.165) is 26.0 Å². The molecular weight excluding hydrogens is 380 g/mol. The minimum Gasteiger partial charge on any atom is -0.340 e. The van der Waals surface area contributed by atoms with Crippen molar-refractivity contribution < 1.29 is 0 Å². The van der Waals surface area contributed by atoms with Gasteiger partial charge in [0, 0.05) is 20.8 Å². The van der Waals surface area contributed by atoms with Gasteiger partial charge >= 0.3 is 0 Å². The SMILES string of the molecule is Cc1cc(Br)cnc1Nc1ccc2cc(Br)ccc2c1. The van der Waals surface area contributed by atoms with Gasteiger partial charge in [0.05, 0.1) is 0 Å². The van der Waals surface area contributed by atoms with E-state index in [1.807, 2.05) is 13.0 Å². The Morgan fingerprint density at radius 1 is 0.900 bits per heavy atom. The number of nitrogens with one attached hydrogen (secondary N) is 1. The number of rotatable bonds is 2. The van der Waals surface area contributed by atoms with E-state index in [0.29, 0.717) is 0 Å². The van der Waals surface area contributed by atoms with Crippen molar-refractivity contribution in [3.05, 3.63) is 63.2 Å². The largest absolute Gasteiger partial charge is 0.340 e. The Morgan fingerprint density at radius 3 is 2.45 bits per heavy atom. The first-order chi connectivity index (χ1) is 9.61. The van der Waals surface area contributed by atoms with Crippen molar-refractivity contribution in [3.63, 3.8) is 0 Å². The number of nitrogens with zero attached hydrogens (tertiary/aromatic N) is 1. The van der Waals surface area contributed by atoms with Crippen LogP contribution in [0.25, 0.3) is 10.8 Å². The van der Waals surface area contributed by atoms with Gasteiger partial charge in [-0.25, -0.2) is 4.98 Å². The van der Waals surface area contributed by atoms with Crippen LogP contribution in [0.15, 0.2) is 57.6 Å². The fourth-order valence-electron chi connectivity index (χ4n) is 2.10. The molecule has 0 aliphatic carbocycles. The van der Waals surface area contributed by atoms with Crippen molar-refractivity contribution in [2.45, 2.75) is 6.92 Å². The summed E-state index contributed by atoms with van der Waals surface area (Å²) in [6.07, 6.45) is 1.80. The summed E-state index contributed by atoms with van der Waals surface area (Å²) in [6, 6.07) is 14.6. The Balaban J connectivity index is 1.96. The first-order valence-electron chi connectivity index (χ1n) is 6.20. The average molecular weight is 392 g/mol. The third-order valence-corrected chi connectivity index (χ3v) is 4.04. The predicted molar refractivity (Wildman–Crippen MR) is 91.6 cm³/mol. The first-order valence-corrected chi connectivity index (χ1v) is 7.79. The number of fused-ring (bicyclic) bond motifs is 1. The minimum absolute atomic E-state index is 0.879. The summed E-state index contributed by atoms with van der Waals surface area (Å²) < 4.78 is 2.08. The van der Waals surface area contributed by atoms with E-state index in [9.17, 15) is 0 Å².